The summed E-state index contributed by atoms with van der Waals surface area (Å²) in [6.07, 6.45) is 1.14. The highest BCUT2D eigenvalue weighted by Crippen LogP contribution is 2.13. The maximum Gasteiger partial charge on any atom is 0.337 e. The Bertz CT molecular complexity index is 219. The van der Waals surface area contributed by atoms with Crippen LogP contribution in [0.2, 0.25) is 0 Å². The van der Waals surface area contributed by atoms with Crippen LogP contribution in [0.15, 0.2) is 0 Å². The summed E-state index contributed by atoms with van der Waals surface area (Å²) >= 11 is 0. The Labute approximate surface area is 82.2 Å². The van der Waals surface area contributed by atoms with E-state index in [4.69, 9.17) is 16.6 Å². The molecule has 0 rings (SSSR count). The van der Waals surface area contributed by atoms with Crippen LogP contribution in [0.25, 0.3) is 0 Å². The van der Waals surface area contributed by atoms with Gasteiger partial charge in [-0.05, 0) is 25.8 Å². The third kappa shape index (κ3) is 2.97. The zero-order valence-electron chi connectivity index (χ0n) is 8.16. The molecule has 1 atom stereocenters. The van der Waals surface area contributed by atoms with Gasteiger partial charge in [0, 0.05) is 0 Å². The molecule has 0 spiro atoms. The molecule has 0 saturated carbocycles. The number of carboxylic acid groups (broad SMARTS) is 1. The summed E-state index contributed by atoms with van der Waals surface area (Å²) in [5, 5.41) is 8.78. The predicted octanol–water partition coefficient (Wildman–Crippen LogP) is -0.929. The molecule has 6 nitrogen and oxygen atoms in total. The number of unbranched alkanes of at least 4 members (excludes halogenated alkanes) is 1. The average molecular weight is 204 g/mol. The molecule has 0 heterocycles. The van der Waals surface area contributed by atoms with E-state index >= 15 is 0 Å². The van der Waals surface area contributed by atoms with Gasteiger partial charge in [0.15, 0.2) is 0 Å². The van der Waals surface area contributed by atoms with E-state index in [9.17, 15) is 9.59 Å². The first kappa shape index (κ1) is 12.9. The number of ether oxygens (including phenoxy) is 1. The Hall–Kier alpha value is -1.14. The van der Waals surface area contributed by atoms with E-state index in [1.54, 1.807) is 0 Å². The summed E-state index contributed by atoms with van der Waals surface area (Å²) < 4.78 is 4.33. The largest absolute Gasteiger partial charge is 0.479 e. The van der Waals surface area contributed by atoms with Gasteiger partial charge in [-0.2, -0.15) is 0 Å². The van der Waals surface area contributed by atoms with Crippen LogP contribution in [0.5, 0.6) is 0 Å². The van der Waals surface area contributed by atoms with Crippen LogP contribution < -0.4 is 11.5 Å². The van der Waals surface area contributed by atoms with Gasteiger partial charge in [-0.15, -0.1) is 0 Å². The minimum atomic E-state index is -1.94. The van der Waals surface area contributed by atoms with E-state index in [0.717, 1.165) is 7.11 Å². The van der Waals surface area contributed by atoms with E-state index < -0.39 is 17.5 Å². The van der Waals surface area contributed by atoms with E-state index in [0.29, 0.717) is 19.4 Å². The molecular weight excluding hydrogens is 188 g/mol. The maximum absolute atomic E-state index is 11.1. The number of nitrogens with two attached hydrogens (primary N) is 2. The van der Waals surface area contributed by atoms with Crippen LogP contribution in [0.1, 0.15) is 19.3 Å². The van der Waals surface area contributed by atoms with Gasteiger partial charge in [0.2, 0.25) is 5.54 Å². The number of carboxylic acids is 1. The van der Waals surface area contributed by atoms with E-state index in [-0.39, 0.29) is 6.42 Å². The lowest BCUT2D eigenvalue weighted by Gasteiger charge is -2.21. The van der Waals surface area contributed by atoms with Gasteiger partial charge in [0.25, 0.3) is 0 Å². The normalized spacial score (nSPS) is 14.5. The number of hydrogen-bond acceptors (Lipinski definition) is 5. The molecule has 14 heavy (non-hydrogen) atoms. The number of rotatable bonds is 6. The van der Waals surface area contributed by atoms with E-state index in [2.05, 4.69) is 4.74 Å². The van der Waals surface area contributed by atoms with Gasteiger partial charge in [-0.1, -0.05) is 0 Å². The summed E-state index contributed by atoms with van der Waals surface area (Å²) in [7, 11) is 1.11. The van der Waals surface area contributed by atoms with Gasteiger partial charge in [0.05, 0.1) is 7.11 Å². The fourth-order valence-electron chi connectivity index (χ4n) is 1.03. The summed E-state index contributed by atoms with van der Waals surface area (Å²) in [5.41, 5.74) is 8.72. The van der Waals surface area contributed by atoms with Crippen molar-refractivity contribution in [3.63, 3.8) is 0 Å². The molecule has 0 aliphatic carbocycles. The SMILES string of the molecule is COC(=O)[C@](N)(CCCCN)C(=O)O. The van der Waals surface area contributed by atoms with Crippen LogP contribution in [0.3, 0.4) is 0 Å². The number of methoxy groups -OCH3 is 1. The number of hydrogen-bond donors (Lipinski definition) is 3. The molecule has 0 fully saturated rings. The topological polar surface area (TPSA) is 116 Å². The van der Waals surface area contributed by atoms with Gasteiger partial charge >= 0.3 is 11.9 Å². The number of esters is 1. The summed E-state index contributed by atoms with van der Waals surface area (Å²) in [4.78, 5) is 21.9. The van der Waals surface area contributed by atoms with Crippen molar-refractivity contribution in [2.75, 3.05) is 13.7 Å². The molecule has 0 aromatic carbocycles. The molecule has 0 unspecified atom stereocenters. The summed E-state index contributed by atoms with van der Waals surface area (Å²) in [5.74, 6) is -2.30. The maximum atomic E-state index is 11.1. The standard InChI is InChI=1S/C8H16N2O4/c1-14-7(13)8(10,6(11)12)4-2-3-5-9/h2-5,9-10H2,1H3,(H,11,12)/t8-/m0/s1. The molecule has 0 aromatic rings. The molecule has 0 aliphatic rings. The Kier molecular flexibility index (Phi) is 5.11. The monoisotopic (exact) mass is 204 g/mol. The average Bonchev–Trinajstić information content (AvgIpc) is 2.16. The van der Waals surface area contributed by atoms with E-state index in [1.807, 2.05) is 0 Å². The highest BCUT2D eigenvalue weighted by Gasteiger charge is 2.42. The van der Waals surface area contributed by atoms with Crippen molar-refractivity contribution in [1.29, 1.82) is 0 Å². The molecule has 0 radical (unpaired) electrons. The number of carbonyl (C=O) groups is 2. The molecule has 0 aromatic heterocycles. The van der Waals surface area contributed by atoms with Crippen molar-refractivity contribution in [2.45, 2.75) is 24.8 Å². The number of aliphatic carboxylic acids is 1. The number of carbonyl (C=O) groups excluding carboxylic acids is 1. The lowest BCUT2D eigenvalue weighted by atomic mass is 9.94. The Morgan fingerprint density at radius 3 is 2.36 bits per heavy atom. The Morgan fingerprint density at radius 1 is 1.43 bits per heavy atom. The predicted molar refractivity (Wildman–Crippen MR) is 49.5 cm³/mol. The fraction of sp³-hybridized carbons (Fsp3) is 0.750. The zero-order valence-corrected chi connectivity index (χ0v) is 8.16. The van der Waals surface area contributed by atoms with Crippen molar-refractivity contribution < 1.29 is 19.4 Å². The first-order valence-corrected chi connectivity index (χ1v) is 4.29. The van der Waals surface area contributed by atoms with Crippen molar-refractivity contribution in [1.82, 2.24) is 0 Å². The third-order valence-electron chi connectivity index (χ3n) is 1.96. The molecule has 0 amide bonds. The van der Waals surface area contributed by atoms with Crippen LogP contribution >= 0.6 is 0 Å². The lowest BCUT2D eigenvalue weighted by Crippen LogP contribution is -2.55. The quantitative estimate of drug-likeness (QED) is 0.292. The molecule has 82 valence electrons. The second-order valence-electron chi connectivity index (χ2n) is 3.01. The Balaban J connectivity index is 4.40. The highest BCUT2D eigenvalue weighted by atomic mass is 16.5. The first-order valence-electron chi connectivity index (χ1n) is 4.29. The summed E-state index contributed by atoms with van der Waals surface area (Å²) in [6.45, 7) is 0.441. The molecular formula is C8H16N2O4. The second kappa shape index (κ2) is 5.56. The lowest BCUT2D eigenvalue weighted by molar-refractivity contribution is -0.159. The van der Waals surface area contributed by atoms with Crippen molar-refractivity contribution in [3.05, 3.63) is 0 Å². The third-order valence-corrected chi connectivity index (χ3v) is 1.96. The van der Waals surface area contributed by atoms with Gasteiger partial charge in [-0.25, -0.2) is 9.59 Å². The summed E-state index contributed by atoms with van der Waals surface area (Å²) in [6, 6.07) is 0. The van der Waals surface area contributed by atoms with Crippen LogP contribution in [-0.4, -0.2) is 36.2 Å². The Morgan fingerprint density at radius 2 is 2.00 bits per heavy atom. The van der Waals surface area contributed by atoms with Crippen LogP contribution in [0, 0.1) is 0 Å². The molecule has 0 saturated heterocycles. The minimum Gasteiger partial charge on any atom is -0.479 e. The second-order valence-corrected chi connectivity index (χ2v) is 3.01. The highest BCUT2D eigenvalue weighted by molar-refractivity contribution is 6.03. The van der Waals surface area contributed by atoms with Crippen LogP contribution in [-0.2, 0) is 14.3 Å². The molecule has 5 N–H and O–H groups in total. The minimum absolute atomic E-state index is 0.0339. The first-order chi connectivity index (χ1) is 6.49. The van der Waals surface area contributed by atoms with Gasteiger partial charge in [-0.3, -0.25) is 0 Å². The van der Waals surface area contributed by atoms with Crippen molar-refractivity contribution in [3.8, 4) is 0 Å². The fourth-order valence-corrected chi connectivity index (χ4v) is 1.03. The molecule has 6 heteroatoms. The van der Waals surface area contributed by atoms with Gasteiger partial charge < -0.3 is 21.3 Å². The van der Waals surface area contributed by atoms with Crippen molar-refractivity contribution >= 4 is 11.9 Å². The molecule has 0 aliphatic heterocycles. The smallest absolute Gasteiger partial charge is 0.337 e. The molecule has 0 bridgehead atoms. The van der Waals surface area contributed by atoms with E-state index in [1.165, 1.54) is 0 Å². The van der Waals surface area contributed by atoms with Gasteiger partial charge in [0.1, 0.15) is 0 Å². The van der Waals surface area contributed by atoms with Crippen LogP contribution in [0.4, 0.5) is 0 Å². The van der Waals surface area contributed by atoms with Crippen molar-refractivity contribution in [2.24, 2.45) is 11.5 Å². The zero-order chi connectivity index (χ0) is 11.2.